The molecule has 1 fully saturated rings. The van der Waals surface area contributed by atoms with Crippen LogP contribution in [0.15, 0.2) is 24.3 Å². The molecule has 10 nitrogen and oxygen atoms in total. The molecule has 0 aliphatic carbocycles. The number of hydrogen-bond donors (Lipinski definition) is 6. The molecule has 1 amide bonds. The Morgan fingerprint density at radius 3 is 2.45 bits per heavy atom. The van der Waals surface area contributed by atoms with Gasteiger partial charge in [0.15, 0.2) is 0 Å². The molecular formula is C22H37BN4O6. The van der Waals surface area contributed by atoms with Crippen LogP contribution in [-0.2, 0) is 14.3 Å². The van der Waals surface area contributed by atoms with Crippen LogP contribution in [0.2, 0.25) is 0 Å². The second-order valence-electron chi connectivity index (χ2n) is 8.19. The predicted octanol–water partition coefficient (Wildman–Crippen LogP) is -1.16. The van der Waals surface area contributed by atoms with E-state index in [2.05, 4.69) is 16.0 Å². The van der Waals surface area contributed by atoms with Crippen molar-refractivity contribution in [1.82, 2.24) is 16.0 Å². The SMILES string of the molecule is CNC(CCCCN)C1OC1NC(CCCCNC(=O)c1ccc(B(O)O)cc1)C(=O)OC. The summed E-state index contributed by atoms with van der Waals surface area (Å²) in [6.07, 6.45) is 4.75. The molecule has 4 atom stereocenters. The molecule has 0 radical (unpaired) electrons. The summed E-state index contributed by atoms with van der Waals surface area (Å²) >= 11 is 0. The van der Waals surface area contributed by atoms with Crippen LogP contribution in [-0.4, -0.2) is 80.7 Å². The molecule has 1 aliphatic heterocycles. The molecule has 1 saturated heterocycles. The largest absolute Gasteiger partial charge is 0.488 e. The van der Waals surface area contributed by atoms with Crippen molar-refractivity contribution in [3.63, 3.8) is 0 Å². The van der Waals surface area contributed by atoms with Gasteiger partial charge in [0.05, 0.1) is 7.11 Å². The predicted molar refractivity (Wildman–Crippen MR) is 126 cm³/mol. The number of ether oxygens (including phenoxy) is 2. The van der Waals surface area contributed by atoms with Crippen LogP contribution in [0.25, 0.3) is 0 Å². The number of amides is 1. The number of unbranched alkanes of at least 4 members (excludes halogenated alkanes) is 2. The molecule has 7 N–H and O–H groups in total. The highest BCUT2D eigenvalue weighted by atomic mass is 16.6. The van der Waals surface area contributed by atoms with Gasteiger partial charge in [0.2, 0.25) is 0 Å². The third-order valence-electron chi connectivity index (χ3n) is 5.79. The average Bonchev–Trinajstić information content (AvgIpc) is 3.59. The summed E-state index contributed by atoms with van der Waals surface area (Å²) in [7, 11) is 1.71. The summed E-state index contributed by atoms with van der Waals surface area (Å²) in [4.78, 5) is 24.4. The fourth-order valence-electron chi connectivity index (χ4n) is 3.74. The normalized spacial score (nSPS) is 18.9. The fourth-order valence-corrected chi connectivity index (χ4v) is 3.74. The van der Waals surface area contributed by atoms with E-state index in [0.29, 0.717) is 43.4 Å². The van der Waals surface area contributed by atoms with Crippen molar-refractivity contribution in [3.05, 3.63) is 29.8 Å². The van der Waals surface area contributed by atoms with E-state index in [1.165, 1.54) is 19.2 Å². The number of nitrogens with one attached hydrogen (secondary N) is 3. The number of carbonyl (C=O) groups is 2. The van der Waals surface area contributed by atoms with E-state index >= 15 is 0 Å². The molecule has 33 heavy (non-hydrogen) atoms. The molecule has 0 bridgehead atoms. The van der Waals surface area contributed by atoms with E-state index in [-0.39, 0.29) is 30.3 Å². The lowest BCUT2D eigenvalue weighted by molar-refractivity contribution is -0.143. The van der Waals surface area contributed by atoms with Crippen LogP contribution in [0.4, 0.5) is 0 Å². The monoisotopic (exact) mass is 464 g/mol. The topological polar surface area (TPSA) is 158 Å². The Morgan fingerprint density at radius 2 is 1.85 bits per heavy atom. The summed E-state index contributed by atoms with van der Waals surface area (Å²) in [6, 6.07) is 5.81. The highest BCUT2D eigenvalue weighted by Crippen LogP contribution is 2.27. The van der Waals surface area contributed by atoms with Crippen molar-refractivity contribution in [2.75, 3.05) is 27.2 Å². The fraction of sp³-hybridized carbons (Fsp3) is 0.636. The van der Waals surface area contributed by atoms with E-state index in [9.17, 15) is 9.59 Å². The zero-order chi connectivity index (χ0) is 24.2. The molecule has 2 rings (SSSR count). The molecular weight excluding hydrogens is 427 g/mol. The van der Waals surface area contributed by atoms with Crippen LogP contribution in [0.1, 0.15) is 48.9 Å². The highest BCUT2D eigenvalue weighted by Gasteiger charge is 2.45. The van der Waals surface area contributed by atoms with Gasteiger partial charge in [-0.05, 0) is 63.3 Å². The average molecular weight is 464 g/mol. The minimum Gasteiger partial charge on any atom is -0.468 e. The number of nitrogens with two attached hydrogens (primary N) is 1. The van der Waals surface area contributed by atoms with Gasteiger partial charge in [-0.25, -0.2) is 0 Å². The highest BCUT2D eigenvalue weighted by molar-refractivity contribution is 6.58. The maximum atomic E-state index is 12.2. The minimum absolute atomic E-state index is 0.0116. The first kappa shape index (κ1) is 27.2. The van der Waals surface area contributed by atoms with Gasteiger partial charge in [-0.1, -0.05) is 18.6 Å². The van der Waals surface area contributed by atoms with E-state index in [1.54, 1.807) is 12.1 Å². The Balaban J connectivity index is 1.71. The van der Waals surface area contributed by atoms with Crippen LogP contribution in [0, 0.1) is 0 Å². The Morgan fingerprint density at radius 1 is 1.15 bits per heavy atom. The lowest BCUT2D eigenvalue weighted by atomic mass is 9.80. The minimum atomic E-state index is -1.56. The van der Waals surface area contributed by atoms with Crippen molar-refractivity contribution in [1.29, 1.82) is 0 Å². The summed E-state index contributed by atoms with van der Waals surface area (Å²) in [5, 5.41) is 27.6. The maximum absolute atomic E-state index is 12.2. The Kier molecular flexibility index (Phi) is 11.8. The van der Waals surface area contributed by atoms with Crippen molar-refractivity contribution in [3.8, 4) is 0 Å². The van der Waals surface area contributed by atoms with Gasteiger partial charge in [-0.15, -0.1) is 0 Å². The van der Waals surface area contributed by atoms with Crippen LogP contribution in [0.3, 0.4) is 0 Å². The van der Waals surface area contributed by atoms with Gasteiger partial charge in [-0.3, -0.25) is 14.9 Å². The summed E-state index contributed by atoms with van der Waals surface area (Å²) in [5.41, 5.74) is 6.33. The maximum Gasteiger partial charge on any atom is 0.488 e. The van der Waals surface area contributed by atoms with E-state index in [1.807, 2.05) is 7.05 Å². The summed E-state index contributed by atoms with van der Waals surface area (Å²) < 4.78 is 10.7. The number of hydrogen-bond acceptors (Lipinski definition) is 9. The van der Waals surface area contributed by atoms with Gasteiger partial charge < -0.3 is 35.9 Å². The zero-order valence-electron chi connectivity index (χ0n) is 19.5. The van der Waals surface area contributed by atoms with Crippen molar-refractivity contribution in [2.45, 2.75) is 62.9 Å². The molecule has 1 aromatic carbocycles. The Hall–Kier alpha value is -2.02. The van der Waals surface area contributed by atoms with E-state index in [4.69, 9.17) is 25.3 Å². The summed E-state index contributed by atoms with van der Waals surface area (Å²) in [6.45, 7) is 1.14. The number of epoxide rings is 1. The lowest BCUT2D eigenvalue weighted by Gasteiger charge is -2.17. The molecule has 0 spiro atoms. The molecule has 1 aliphatic rings. The molecule has 0 aromatic heterocycles. The smallest absolute Gasteiger partial charge is 0.468 e. The molecule has 1 aromatic rings. The van der Waals surface area contributed by atoms with E-state index in [0.717, 1.165) is 19.3 Å². The number of rotatable bonds is 16. The first-order chi connectivity index (χ1) is 15.9. The van der Waals surface area contributed by atoms with Gasteiger partial charge in [0, 0.05) is 18.2 Å². The summed E-state index contributed by atoms with van der Waals surface area (Å²) in [5.74, 6) is -0.567. The van der Waals surface area contributed by atoms with Crippen LogP contribution < -0.4 is 27.1 Å². The standard InChI is InChI=1S/C22H37BN4O6/c1-25-17(7-3-5-13-24)19-21(33-19)27-18(22(29)32-2)8-4-6-14-26-20(28)15-9-11-16(12-10-15)23(30)31/h9-12,17-19,21,25,27,30-31H,3-8,13-14,24H2,1-2H3,(H,26,28). The van der Waals surface area contributed by atoms with Gasteiger partial charge >= 0.3 is 13.1 Å². The van der Waals surface area contributed by atoms with Crippen LogP contribution in [0.5, 0.6) is 0 Å². The van der Waals surface area contributed by atoms with Gasteiger partial charge in [-0.2, -0.15) is 0 Å². The van der Waals surface area contributed by atoms with E-state index < -0.39 is 13.2 Å². The third kappa shape index (κ3) is 9.03. The van der Waals surface area contributed by atoms with Gasteiger partial charge in [0.25, 0.3) is 5.91 Å². The number of carbonyl (C=O) groups excluding carboxylic acids is 2. The quantitative estimate of drug-likeness (QED) is 0.0768. The van der Waals surface area contributed by atoms with Crippen molar-refractivity contribution in [2.24, 2.45) is 5.73 Å². The van der Waals surface area contributed by atoms with Crippen molar-refractivity contribution >= 4 is 24.5 Å². The second-order valence-corrected chi connectivity index (χ2v) is 8.19. The number of benzene rings is 1. The number of likely N-dealkylation sites (N-methyl/N-ethyl adjacent to an activating group) is 1. The number of esters is 1. The first-order valence-electron chi connectivity index (χ1n) is 11.5. The Labute approximate surface area is 195 Å². The molecule has 184 valence electrons. The molecule has 0 saturated carbocycles. The first-order valence-corrected chi connectivity index (χ1v) is 11.5. The number of methoxy groups -OCH3 is 1. The molecule has 1 heterocycles. The third-order valence-corrected chi connectivity index (χ3v) is 5.79. The lowest BCUT2D eigenvalue weighted by Crippen LogP contribution is -2.42. The molecule has 4 unspecified atom stereocenters. The zero-order valence-corrected chi connectivity index (χ0v) is 19.5. The second kappa shape index (κ2) is 14.3. The Bertz CT molecular complexity index is 736. The van der Waals surface area contributed by atoms with Gasteiger partial charge in [0.1, 0.15) is 18.4 Å². The molecule has 11 heteroatoms. The van der Waals surface area contributed by atoms with Crippen molar-refractivity contribution < 1.29 is 29.1 Å². The van der Waals surface area contributed by atoms with Crippen LogP contribution >= 0.6 is 0 Å².